The van der Waals surface area contributed by atoms with Gasteiger partial charge in [-0.25, -0.2) is 4.79 Å². The van der Waals surface area contributed by atoms with Gasteiger partial charge in [0.1, 0.15) is 5.60 Å². The molecule has 0 aromatic carbocycles. The second-order valence-electron chi connectivity index (χ2n) is 9.20. The molecular weight excluding hydrogens is 333 g/mol. The molecular formula is C18H30BN3O4. The Morgan fingerprint density at radius 2 is 1.92 bits per heavy atom. The van der Waals surface area contributed by atoms with Gasteiger partial charge in [-0.2, -0.15) is 5.10 Å². The number of hydrogen-bond donors (Lipinski definition) is 0. The molecule has 8 heteroatoms. The third kappa shape index (κ3) is 3.76. The molecule has 26 heavy (non-hydrogen) atoms. The molecule has 0 N–H and O–H groups in total. The van der Waals surface area contributed by atoms with Crippen molar-refractivity contribution in [1.29, 1.82) is 0 Å². The summed E-state index contributed by atoms with van der Waals surface area (Å²) in [4.78, 5) is 14.0. The molecule has 0 aliphatic carbocycles. The number of carbonyl (C=O) groups is 1. The van der Waals surface area contributed by atoms with Gasteiger partial charge in [0.25, 0.3) is 0 Å². The lowest BCUT2D eigenvalue weighted by Crippen LogP contribution is -2.54. The van der Waals surface area contributed by atoms with E-state index in [4.69, 9.17) is 14.0 Å². The van der Waals surface area contributed by atoms with Crippen LogP contribution in [0.15, 0.2) is 12.4 Å². The van der Waals surface area contributed by atoms with Crippen LogP contribution in [0, 0.1) is 0 Å². The van der Waals surface area contributed by atoms with E-state index in [0.29, 0.717) is 6.54 Å². The molecule has 2 aliphatic heterocycles. The van der Waals surface area contributed by atoms with Crippen molar-refractivity contribution >= 4 is 18.7 Å². The zero-order chi connectivity index (χ0) is 19.3. The van der Waals surface area contributed by atoms with Crippen LogP contribution in [0.3, 0.4) is 0 Å². The molecule has 1 atom stereocenters. The first kappa shape index (κ1) is 19.2. The maximum absolute atomic E-state index is 12.2. The number of nitrogens with zero attached hydrogens (tertiary/aromatic N) is 3. The van der Waals surface area contributed by atoms with E-state index < -0.39 is 12.7 Å². The summed E-state index contributed by atoms with van der Waals surface area (Å²) in [5.74, 6) is 0. The van der Waals surface area contributed by atoms with Gasteiger partial charge < -0.3 is 18.9 Å². The van der Waals surface area contributed by atoms with Crippen molar-refractivity contribution in [3.63, 3.8) is 0 Å². The quantitative estimate of drug-likeness (QED) is 0.771. The van der Waals surface area contributed by atoms with E-state index in [-0.39, 0.29) is 23.3 Å². The summed E-state index contributed by atoms with van der Waals surface area (Å²) in [5, 5.41) is 4.42. The normalized spacial score (nSPS) is 24.5. The predicted octanol–water partition coefficient (Wildman–Crippen LogP) is 2.19. The maximum atomic E-state index is 12.2. The smallest absolute Gasteiger partial charge is 0.444 e. The second-order valence-corrected chi connectivity index (χ2v) is 9.20. The van der Waals surface area contributed by atoms with E-state index in [1.807, 2.05) is 59.3 Å². The fraction of sp³-hybridized carbons (Fsp3) is 0.778. The van der Waals surface area contributed by atoms with Crippen molar-refractivity contribution in [2.24, 2.45) is 0 Å². The molecule has 1 unspecified atom stereocenters. The van der Waals surface area contributed by atoms with Gasteiger partial charge in [0.05, 0.1) is 23.8 Å². The monoisotopic (exact) mass is 363 g/mol. The molecule has 2 fully saturated rings. The molecule has 3 rings (SSSR count). The minimum Gasteiger partial charge on any atom is -0.444 e. The standard InChI is InChI=1S/C18H30BN3O4/c1-16(2,3)24-15(23)22-9-8-14(22)12-21-11-13(10-20-21)19-25-17(4,5)18(6,7)26-19/h10-11,14H,8-9,12H2,1-7H3. The Labute approximate surface area is 156 Å². The van der Waals surface area contributed by atoms with E-state index in [1.54, 1.807) is 11.1 Å². The number of aromatic nitrogens is 2. The van der Waals surface area contributed by atoms with Crippen LogP contribution in [0.5, 0.6) is 0 Å². The average Bonchev–Trinajstić information content (AvgIpc) is 2.95. The first-order valence-corrected chi connectivity index (χ1v) is 9.26. The molecule has 1 amide bonds. The van der Waals surface area contributed by atoms with Crippen LogP contribution in [0.2, 0.25) is 0 Å². The maximum Gasteiger partial charge on any atom is 0.498 e. The highest BCUT2D eigenvalue weighted by molar-refractivity contribution is 6.61. The lowest BCUT2D eigenvalue weighted by Gasteiger charge is -2.41. The van der Waals surface area contributed by atoms with Crippen LogP contribution >= 0.6 is 0 Å². The van der Waals surface area contributed by atoms with E-state index in [1.165, 1.54) is 0 Å². The Kier molecular flexibility index (Phi) is 4.64. The molecule has 3 heterocycles. The number of carbonyl (C=O) groups excluding carboxylic acids is 1. The van der Waals surface area contributed by atoms with Crippen molar-refractivity contribution in [3.05, 3.63) is 12.4 Å². The third-order valence-corrected chi connectivity index (χ3v) is 5.35. The van der Waals surface area contributed by atoms with Crippen LogP contribution in [-0.4, -0.2) is 57.3 Å². The number of rotatable bonds is 3. The molecule has 1 aromatic rings. The summed E-state index contributed by atoms with van der Waals surface area (Å²) >= 11 is 0. The van der Waals surface area contributed by atoms with E-state index in [0.717, 1.165) is 18.4 Å². The molecule has 0 radical (unpaired) electrons. The summed E-state index contributed by atoms with van der Waals surface area (Å²) in [6.07, 6.45) is 4.41. The highest BCUT2D eigenvalue weighted by Crippen LogP contribution is 2.36. The van der Waals surface area contributed by atoms with Gasteiger partial charge in [-0.15, -0.1) is 0 Å². The Balaban J connectivity index is 1.60. The Bertz CT molecular complexity index is 664. The Morgan fingerprint density at radius 1 is 1.31 bits per heavy atom. The first-order chi connectivity index (χ1) is 11.9. The van der Waals surface area contributed by atoms with Gasteiger partial charge in [0.2, 0.25) is 0 Å². The highest BCUT2D eigenvalue weighted by Gasteiger charge is 2.52. The highest BCUT2D eigenvalue weighted by atomic mass is 16.7. The minimum atomic E-state index is -0.479. The number of likely N-dealkylation sites (tertiary alicyclic amines) is 1. The van der Waals surface area contributed by atoms with E-state index in [2.05, 4.69) is 5.10 Å². The van der Waals surface area contributed by atoms with Crippen molar-refractivity contribution in [2.45, 2.75) is 84.3 Å². The van der Waals surface area contributed by atoms with Crippen LogP contribution in [0.25, 0.3) is 0 Å². The van der Waals surface area contributed by atoms with Gasteiger partial charge in [0.15, 0.2) is 0 Å². The summed E-state index contributed by atoms with van der Waals surface area (Å²) in [7, 11) is -0.419. The minimum absolute atomic E-state index is 0.107. The number of ether oxygens (including phenoxy) is 1. The molecule has 2 saturated heterocycles. The van der Waals surface area contributed by atoms with E-state index >= 15 is 0 Å². The topological polar surface area (TPSA) is 65.8 Å². The largest absolute Gasteiger partial charge is 0.498 e. The summed E-state index contributed by atoms with van der Waals surface area (Å²) < 4.78 is 19.4. The molecule has 2 aliphatic rings. The summed E-state index contributed by atoms with van der Waals surface area (Å²) in [6, 6.07) is 0.107. The van der Waals surface area contributed by atoms with Crippen LogP contribution in [0.4, 0.5) is 4.79 Å². The molecule has 0 saturated carbocycles. The number of amides is 1. The van der Waals surface area contributed by atoms with Crippen molar-refractivity contribution in [2.75, 3.05) is 6.54 Å². The van der Waals surface area contributed by atoms with Gasteiger partial charge in [-0.05, 0) is 54.9 Å². The second kappa shape index (κ2) is 6.27. The predicted molar refractivity (Wildman–Crippen MR) is 99.3 cm³/mol. The first-order valence-electron chi connectivity index (χ1n) is 9.26. The van der Waals surface area contributed by atoms with Gasteiger partial charge in [-0.3, -0.25) is 4.68 Å². The average molecular weight is 363 g/mol. The van der Waals surface area contributed by atoms with Crippen molar-refractivity contribution in [3.8, 4) is 0 Å². The van der Waals surface area contributed by atoms with Gasteiger partial charge in [-0.1, -0.05) is 0 Å². The molecule has 0 bridgehead atoms. The lowest BCUT2D eigenvalue weighted by atomic mass is 9.82. The third-order valence-electron chi connectivity index (χ3n) is 5.35. The van der Waals surface area contributed by atoms with Gasteiger partial charge in [0, 0.05) is 24.4 Å². The zero-order valence-electron chi connectivity index (χ0n) is 16.9. The lowest BCUT2D eigenvalue weighted by molar-refractivity contribution is -0.00884. The van der Waals surface area contributed by atoms with Crippen LogP contribution < -0.4 is 5.46 Å². The van der Waals surface area contributed by atoms with Crippen LogP contribution in [-0.2, 0) is 20.6 Å². The van der Waals surface area contributed by atoms with Gasteiger partial charge >= 0.3 is 13.2 Å². The number of hydrogen-bond acceptors (Lipinski definition) is 5. The van der Waals surface area contributed by atoms with Crippen molar-refractivity contribution < 1.29 is 18.8 Å². The van der Waals surface area contributed by atoms with Crippen LogP contribution in [0.1, 0.15) is 54.9 Å². The molecule has 0 spiro atoms. The van der Waals surface area contributed by atoms with Crippen molar-refractivity contribution in [1.82, 2.24) is 14.7 Å². The fourth-order valence-electron chi connectivity index (χ4n) is 2.99. The van der Waals surface area contributed by atoms with E-state index in [9.17, 15) is 4.79 Å². The summed E-state index contributed by atoms with van der Waals surface area (Å²) in [6.45, 7) is 15.1. The molecule has 144 valence electrons. The fourth-order valence-corrected chi connectivity index (χ4v) is 2.99. The summed E-state index contributed by atoms with van der Waals surface area (Å²) in [5.41, 5.74) is -0.332. The molecule has 7 nitrogen and oxygen atoms in total. The SMILES string of the molecule is CC(C)(C)OC(=O)N1CCC1Cn1cc(B2OC(C)(C)C(C)(C)O2)cn1. The molecule has 1 aromatic heterocycles. The Morgan fingerprint density at radius 3 is 2.42 bits per heavy atom. The Hall–Kier alpha value is -1.54. The zero-order valence-corrected chi connectivity index (χ0v) is 16.9.